The second-order valence-corrected chi connectivity index (χ2v) is 5.39. The van der Waals surface area contributed by atoms with Gasteiger partial charge in [-0.05, 0) is 18.6 Å². The number of carbonyl (C=O) groups excluding carboxylic acids is 1. The molecule has 0 aliphatic carbocycles. The van der Waals surface area contributed by atoms with Gasteiger partial charge in [-0.25, -0.2) is 4.39 Å². The van der Waals surface area contributed by atoms with E-state index in [1.807, 2.05) is 6.92 Å². The number of hydrogen-bond donors (Lipinski definition) is 1. The summed E-state index contributed by atoms with van der Waals surface area (Å²) in [4.78, 5) is 11.9. The summed E-state index contributed by atoms with van der Waals surface area (Å²) in [6, 6.07) is 4.18. The number of halogens is 3. The van der Waals surface area contributed by atoms with Gasteiger partial charge < -0.3 is 5.32 Å². The normalized spacial score (nSPS) is 12.2. The van der Waals surface area contributed by atoms with Crippen LogP contribution in [0.4, 0.5) is 4.39 Å². The zero-order chi connectivity index (χ0) is 12.1. The van der Waals surface area contributed by atoms with Crippen LogP contribution in [0.25, 0.3) is 0 Å². The van der Waals surface area contributed by atoms with Crippen molar-refractivity contribution < 1.29 is 9.18 Å². The van der Waals surface area contributed by atoms with Crippen molar-refractivity contribution >= 4 is 33.4 Å². The molecule has 1 rings (SSSR count). The van der Waals surface area contributed by atoms with Crippen LogP contribution in [0.1, 0.15) is 23.7 Å². The molecule has 1 N–H and O–H groups in total. The minimum atomic E-state index is -0.600. The van der Waals surface area contributed by atoms with Crippen LogP contribution in [0, 0.1) is 5.82 Å². The molecule has 1 amide bonds. The predicted molar refractivity (Wildman–Crippen MR) is 66.7 cm³/mol. The van der Waals surface area contributed by atoms with Crippen LogP contribution in [-0.4, -0.2) is 17.3 Å². The zero-order valence-corrected chi connectivity index (χ0v) is 11.1. The van der Waals surface area contributed by atoms with Gasteiger partial charge in [-0.1, -0.05) is 40.5 Å². The third-order valence-electron chi connectivity index (χ3n) is 2.02. The summed E-state index contributed by atoms with van der Waals surface area (Å²) in [5.41, 5.74) is -0.0913. The smallest absolute Gasteiger partial charge is 0.255 e. The van der Waals surface area contributed by atoms with E-state index >= 15 is 0 Å². The van der Waals surface area contributed by atoms with Gasteiger partial charge >= 0.3 is 0 Å². The van der Waals surface area contributed by atoms with Gasteiger partial charge in [0.05, 0.1) is 10.6 Å². The van der Waals surface area contributed by atoms with E-state index < -0.39 is 11.7 Å². The van der Waals surface area contributed by atoms with E-state index in [9.17, 15) is 9.18 Å². The van der Waals surface area contributed by atoms with Crippen molar-refractivity contribution in [1.29, 1.82) is 0 Å². The molecular formula is C11H12BrClFNO. The molecular weight excluding hydrogens is 296 g/mol. The molecule has 1 aromatic carbocycles. The average molecular weight is 309 g/mol. The van der Waals surface area contributed by atoms with Crippen molar-refractivity contribution in [2.45, 2.75) is 18.2 Å². The van der Waals surface area contributed by atoms with Crippen molar-refractivity contribution in [1.82, 2.24) is 5.32 Å². The highest BCUT2D eigenvalue weighted by Crippen LogP contribution is 2.18. The van der Waals surface area contributed by atoms with Crippen LogP contribution in [0.15, 0.2) is 18.2 Å². The number of carbonyl (C=O) groups is 1. The molecule has 0 saturated carbocycles. The van der Waals surface area contributed by atoms with Gasteiger partial charge in [0.15, 0.2) is 0 Å². The first-order valence-corrected chi connectivity index (χ1v) is 6.18. The molecule has 1 unspecified atom stereocenters. The fraction of sp³-hybridized carbons (Fsp3) is 0.364. The predicted octanol–water partition coefficient (Wildman–Crippen LogP) is 3.38. The van der Waals surface area contributed by atoms with Crippen molar-refractivity contribution in [2.75, 3.05) is 6.54 Å². The quantitative estimate of drug-likeness (QED) is 0.849. The first kappa shape index (κ1) is 13.5. The number of rotatable bonds is 4. The van der Waals surface area contributed by atoms with Gasteiger partial charge in [0.2, 0.25) is 0 Å². The molecule has 0 aromatic heterocycles. The Hall–Kier alpha value is -0.610. The molecule has 0 aliphatic rings. The fourth-order valence-electron chi connectivity index (χ4n) is 1.19. The molecule has 0 bridgehead atoms. The summed E-state index contributed by atoms with van der Waals surface area (Å²) in [5, 5.41) is 2.75. The van der Waals surface area contributed by atoms with Crippen LogP contribution < -0.4 is 5.32 Å². The van der Waals surface area contributed by atoms with Gasteiger partial charge in [-0.15, -0.1) is 0 Å². The molecule has 5 heteroatoms. The Bertz CT molecular complexity index is 364. The van der Waals surface area contributed by atoms with Crippen LogP contribution in [0.2, 0.25) is 5.02 Å². The average Bonchev–Trinajstić information content (AvgIpc) is 2.16. The Morgan fingerprint density at radius 3 is 2.88 bits per heavy atom. The monoisotopic (exact) mass is 307 g/mol. The molecule has 1 atom stereocenters. The second-order valence-electron chi connectivity index (χ2n) is 3.42. The van der Waals surface area contributed by atoms with E-state index in [2.05, 4.69) is 21.2 Å². The molecule has 0 aliphatic heterocycles. The SMILES string of the molecule is CC(Br)CCNC(=O)c1c(F)cccc1Cl. The molecule has 1 aromatic rings. The highest BCUT2D eigenvalue weighted by molar-refractivity contribution is 9.09. The second kappa shape index (κ2) is 6.21. The van der Waals surface area contributed by atoms with Gasteiger partial charge in [-0.2, -0.15) is 0 Å². The zero-order valence-electron chi connectivity index (χ0n) is 8.77. The lowest BCUT2D eigenvalue weighted by atomic mass is 10.2. The lowest BCUT2D eigenvalue weighted by Gasteiger charge is -2.08. The molecule has 0 heterocycles. The fourth-order valence-corrected chi connectivity index (χ4v) is 1.67. The van der Waals surface area contributed by atoms with E-state index in [0.717, 1.165) is 6.42 Å². The van der Waals surface area contributed by atoms with Crippen LogP contribution in [-0.2, 0) is 0 Å². The summed E-state index contributed by atoms with van der Waals surface area (Å²) in [7, 11) is 0. The summed E-state index contributed by atoms with van der Waals surface area (Å²) >= 11 is 9.11. The van der Waals surface area contributed by atoms with Gasteiger partial charge in [0, 0.05) is 11.4 Å². The van der Waals surface area contributed by atoms with E-state index in [1.165, 1.54) is 18.2 Å². The van der Waals surface area contributed by atoms with Crippen molar-refractivity contribution in [3.05, 3.63) is 34.6 Å². The van der Waals surface area contributed by atoms with Crippen molar-refractivity contribution in [3.63, 3.8) is 0 Å². The lowest BCUT2D eigenvalue weighted by molar-refractivity contribution is 0.0949. The topological polar surface area (TPSA) is 29.1 Å². The van der Waals surface area contributed by atoms with E-state index in [0.29, 0.717) is 11.4 Å². The van der Waals surface area contributed by atoms with Crippen LogP contribution in [0.5, 0.6) is 0 Å². The summed E-state index contributed by atoms with van der Waals surface area (Å²) in [5.74, 6) is -1.08. The van der Waals surface area contributed by atoms with Gasteiger partial charge in [0.1, 0.15) is 5.82 Å². The Labute approximate surface area is 107 Å². The molecule has 0 fully saturated rings. The maximum atomic E-state index is 13.3. The van der Waals surface area contributed by atoms with E-state index in [-0.39, 0.29) is 10.6 Å². The Kier molecular flexibility index (Phi) is 5.22. The number of alkyl halides is 1. The van der Waals surface area contributed by atoms with Gasteiger partial charge in [0.25, 0.3) is 5.91 Å². The lowest BCUT2D eigenvalue weighted by Crippen LogP contribution is -2.26. The minimum absolute atomic E-state index is 0.0913. The maximum absolute atomic E-state index is 13.3. The third-order valence-corrected chi connectivity index (χ3v) is 2.79. The number of hydrogen-bond acceptors (Lipinski definition) is 1. The number of nitrogens with one attached hydrogen (secondary N) is 1. The molecule has 0 radical (unpaired) electrons. The van der Waals surface area contributed by atoms with Crippen molar-refractivity contribution in [3.8, 4) is 0 Å². The summed E-state index contributed by atoms with van der Waals surface area (Å²) in [6.07, 6.45) is 0.776. The Morgan fingerprint density at radius 1 is 1.62 bits per heavy atom. The molecule has 2 nitrogen and oxygen atoms in total. The van der Waals surface area contributed by atoms with Crippen LogP contribution >= 0.6 is 27.5 Å². The van der Waals surface area contributed by atoms with Gasteiger partial charge in [-0.3, -0.25) is 4.79 Å². The Morgan fingerprint density at radius 2 is 2.31 bits per heavy atom. The maximum Gasteiger partial charge on any atom is 0.255 e. The largest absolute Gasteiger partial charge is 0.352 e. The molecule has 88 valence electrons. The van der Waals surface area contributed by atoms with Crippen LogP contribution in [0.3, 0.4) is 0 Å². The van der Waals surface area contributed by atoms with Crippen molar-refractivity contribution in [2.24, 2.45) is 0 Å². The highest BCUT2D eigenvalue weighted by Gasteiger charge is 2.14. The highest BCUT2D eigenvalue weighted by atomic mass is 79.9. The number of amides is 1. The summed E-state index contributed by atoms with van der Waals surface area (Å²) < 4.78 is 13.3. The standard InChI is InChI=1S/C11H12BrClFNO/c1-7(12)5-6-15-11(16)10-8(13)3-2-4-9(10)14/h2-4,7H,5-6H2,1H3,(H,15,16). The molecule has 0 spiro atoms. The van der Waals surface area contributed by atoms with E-state index in [4.69, 9.17) is 11.6 Å². The molecule has 0 saturated heterocycles. The first-order valence-electron chi connectivity index (χ1n) is 4.88. The first-order chi connectivity index (χ1) is 7.52. The summed E-state index contributed by atoms with van der Waals surface area (Å²) in [6.45, 7) is 2.46. The number of benzene rings is 1. The third kappa shape index (κ3) is 3.76. The molecule has 16 heavy (non-hydrogen) atoms. The Balaban J connectivity index is 2.66. The van der Waals surface area contributed by atoms with E-state index in [1.54, 1.807) is 0 Å². The minimum Gasteiger partial charge on any atom is -0.352 e.